The number of carbonyl (C=O) groups is 3. The topological polar surface area (TPSA) is 63.7 Å². The van der Waals surface area contributed by atoms with E-state index in [0.29, 0.717) is 5.75 Å². The van der Waals surface area contributed by atoms with Gasteiger partial charge >= 0.3 is 5.97 Å². The summed E-state index contributed by atoms with van der Waals surface area (Å²) in [6, 6.07) is 6.92. The lowest BCUT2D eigenvalue weighted by atomic mass is 9.81. The molecular weight excluding hydrogens is 362 g/mol. The SMILES string of the molecule is O=C(CCN1C(=O)[C@@H]2CCCC[C@H]2C1=O)Oc1ccc(Br)cc1. The van der Waals surface area contributed by atoms with Crippen molar-refractivity contribution in [2.45, 2.75) is 32.1 Å². The van der Waals surface area contributed by atoms with E-state index in [1.807, 2.05) is 0 Å². The first-order valence-electron chi connectivity index (χ1n) is 7.88. The van der Waals surface area contributed by atoms with E-state index in [2.05, 4.69) is 15.9 Å². The van der Waals surface area contributed by atoms with Crippen LogP contribution in [0.3, 0.4) is 0 Å². The molecule has 0 radical (unpaired) electrons. The molecule has 1 aromatic carbocycles. The van der Waals surface area contributed by atoms with Gasteiger partial charge in [-0.1, -0.05) is 28.8 Å². The molecule has 1 heterocycles. The molecule has 0 N–H and O–H groups in total. The molecule has 5 nitrogen and oxygen atoms in total. The number of rotatable bonds is 4. The molecule has 0 bridgehead atoms. The number of esters is 1. The largest absolute Gasteiger partial charge is 0.426 e. The molecule has 23 heavy (non-hydrogen) atoms. The van der Waals surface area contributed by atoms with Crippen LogP contribution < -0.4 is 4.74 Å². The second kappa shape index (κ2) is 6.83. The van der Waals surface area contributed by atoms with Crippen LogP contribution in [0.15, 0.2) is 28.7 Å². The van der Waals surface area contributed by atoms with Gasteiger partial charge < -0.3 is 4.74 Å². The molecule has 1 aromatic rings. The molecular formula is C17H18BrNO4. The first-order chi connectivity index (χ1) is 11.1. The number of carbonyl (C=O) groups excluding carboxylic acids is 3. The Bertz CT molecular complexity index is 604. The van der Waals surface area contributed by atoms with Crippen molar-refractivity contribution in [2.24, 2.45) is 11.8 Å². The van der Waals surface area contributed by atoms with Crippen LogP contribution in [0.5, 0.6) is 5.75 Å². The molecule has 0 unspecified atom stereocenters. The average molecular weight is 380 g/mol. The zero-order valence-electron chi connectivity index (χ0n) is 12.7. The van der Waals surface area contributed by atoms with Gasteiger partial charge in [-0.15, -0.1) is 0 Å². The monoisotopic (exact) mass is 379 g/mol. The predicted molar refractivity (Wildman–Crippen MR) is 86.6 cm³/mol. The average Bonchev–Trinajstić information content (AvgIpc) is 2.80. The molecule has 2 atom stereocenters. The Labute approximate surface area is 143 Å². The normalized spacial score (nSPS) is 23.8. The van der Waals surface area contributed by atoms with E-state index in [9.17, 15) is 14.4 Å². The molecule has 2 aliphatic rings. The predicted octanol–water partition coefficient (Wildman–Crippen LogP) is 2.92. The fourth-order valence-corrected chi connectivity index (χ4v) is 3.60. The summed E-state index contributed by atoms with van der Waals surface area (Å²) in [7, 11) is 0. The van der Waals surface area contributed by atoms with Gasteiger partial charge in [0.15, 0.2) is 0 Å². The van der Waals surface area contributed by atoms with Gasteiger partial charge in [0.2, 0.25) is 11.8 Å². The molecule has 6 heteroatoms. The third kappa shape index (κ3) is 3.47. The first kappa shape index (κ1) is 16.2. The summed E-state index contributed by atoms with van der Waals surface area (Å²) in [5, 5.41) is 0. The number of imide groups is 1. The maximum atomic E-state index is 12.3. The van der Waals surface area contributed by atoms with E-state index in [0.717, 1.165) is 30.2 Å². The van der Waals surface area contributed by atoms with Crippen LogP contribution in [0, 0.1) is 11.8 Å². The lowest BCUT2D eigenvalue weighted by Crippen LogP contribution is -2.33. The van der Waals surface area contributed by atoms with Crippen LogP contribution in [0.1, 0.15) is 32.1 Å². The highest BCUT2D eigenvalue weighted by atomic mass is 79.9. The third-order valence-electron chi connectivity index (χ3n) is 4.52. The van der Waals surface area contributed by atoms with Crippen molar-refractivity contribution < 1.29 is 19.1 Å². The van der Waals surface area contributed by atoms with Crippen LogP contribution in [0.4, 0.5) is 0 Å². The van der Waals surface area contributed by atoms with Crippen LogP contribution in [-0.4, -0.2) is 29.2 Å². The van der Waals surface area contributed by atoms with Gasteiger partial charge in [0.1, 0.15) is 5.75 Å². The fraction of sp³-hybridized carbons (Fsp3) is 0.471. The number of benzene rings is 1. The van der Waals surface area contributed by atoms with Crippen LogP contribution >= 0.6 is 15.9 Å². The van der Waals surface area contributed by atoms with Gasteiger partial charge in [-0.2, -0.15) is 0 Å². The lowest BCUT2D eigenvalue weighted by Gasteiger charge is -2.19. The number of hydrogen-bond donors (Lipinski definition) is 0. The zero-order chi connectivity index (χ0) is 16.4. The fourth-order valence-electron chi connectivity index (χ4n) is 3.34. The highest BCUT2D eigenvalue weighted by Crippen LogP contribution is 2.37. The van der Waals surface area contributed by atoms with Crippen LogP contribution in [0.25, 0.3) is 0 Å². The minimum absolute atomic E-state index is 0.0208. The van der Waals surface area contributed by atoms with E-state index in [4.69, 9.17) is 4.74 Å². The number of halogens is 1. The maximum absolute atomic E-state index is 12.3. The second-order valence-electron chi connectivity index (χ2n) is 6.00. The van der Waals surface area contributed by atoms with Crippen molar-refractivity contribution in [3.8, 4) is 5.75 Å². The summed E-state index contributed by atoms with van der Waals surface area (Å²) in [6.07, 6.45) is 3.59. The van der Waals surface area contributed by atoms with Crippen molar-refractivity contribution in [1.82, 2.24) is 4.90 Å². The van der Waals surface area contributed by atoms with Crippen molar-refractivity contribution in [3.63, 3.8) is 0 Å². The summed E-state index contributed by atoms with van der Waals surface area (Å²) < 4.78 is 6.11. The van der Waals surface area contributed by atoms with Crippen molar-refractivity contribution in [2.75, 3.05) is 6.54 Å². The van der Waals surface area contributed by atoms with Gasteiger partial charge in [-0.05, 0) is 37.1 Å². The molecule has 0 spiro atoms. The standard InChI is InChI=1S/C17H18BrNO4/c18-11-5-7-12(8-6-11)23-15(20)9-10-19-16(21)13-3-1-2-4-14(13)17(19)22/h5-8,13-14H,1-4,9-10H2/t13-,14-/m1/s1. The third-order valence-corrected chi connectivity index (χ3v) is 5.05. The van der Waals surface area contributed by atoms with E-state index in [1.54, 1.807) is 24.3 Å². The summed E-state index contributed by atoms with van der Waals surface area (Å²) in [6.45, 7) is 0.111. The number of amides is 2. The van der Waals surface area contributed by atoms with E-state index in [1.165, 1.54) is 4.90 Å². The molecule has 1 saturated heterocycles. The Kier molecular flexibility index (Phi) is 4.80. The molecule has 2 fully saturated rings. The molecule has 3 rings (SSSR count). The summed E-state index contributed by atoms with van der Waals surface area (Å²) in [4.78, 5) is 37.8. The molecule has 0 aromatic heterocycles. The summed E-state index contributed by atoms with van der Waals surface area (Å²) in [5.74, 6) is -0.557. The lowest BCUT2D eigenvalue weighted by molar-refractivity contribution is -0.141. The maximum Gasteiger partial charge on any atom is 0.312 e. The Morgan fingerprint density at radius 1 is 1.09 bits per heavy atom. The number of ether oxygens (including phenoxy) is 1. The Morgan fingerprint density at radius 3 is 2.22 bits per heavy atom. The van der Waals surface area contributed by atoms with Crippen molar-refractivity contribution in [1.29, 1.82) is 0 Å². The van der Waals surface area contributed by atoms with Gasteiger partial charge in [-0.3, -0.25) is 19.3 Å². The van der Waals surface area contributed by atoms with E-state index < -0.39 is 5.97 Å². The van der Waals surface area contributed by atoms with Gasteiger partial charge in [-0.25, -0.2) is 0 Å². The van der Waals surface area contributed by atoms with Gasteiger partial charge in [0, 0.05) is 11.0 Å². The number of fused-ring (bicyclic) bond motifs is 1. The minimum atomic E-state index is -0.442. The Hall–Kier alpha value is -1.69. The molecule has 122 valence electrons. The summed E-state index contributed by atoms with van der Waals surface area (Å²) >= 11 is 3.31. The minimum Gasteiger partial charge on any atom is -0.426 e. The molecule has 1 saturated carbocycles. The van der Waals surface area contributed by atoms with E-state index >= 15 is 0 Å². The highest BCUT2D eigenvalue weighted by Gasteiger charge is 2.47. The smallest absolute Gasteiger partial charge is 0.312 e. The number of likely N-dealkylation sites (tertiary alicyclic amines) is 1. The molecule has 1 aliphatic heterocycles. The van der Waals surface area contributed by atoms with Crippen molar-refractivity contribution >= 4 is 33.7 Å². The van der Waals surface area contributed by atoms with Crippen molar-refractivity contribution in [3.05, 3.63) is 28.7 Å². The van der Waals surface area contributed by atoms with Gasteiger partial charge in [0.25, 0.3) is 0 Å². The quantitative estimate of drug-likeness (QED) is 0.458. The van der Waals surface area contributed by atoms with Crippen LogP contribution in [0.2, 0.25) is 0 Å². The van der Waals surface area contributed by atoms with Crippen LogP contribution in [-0.2, 0) is 14.4 Å². The number of nitrogens with zero attached hydrogens (tertiary/aromatic N) is 1. The Morgan fingerprint density at radius 2 is 1.65 bits per heavy atom. The Balaban J connectivity index is 1.55. The molecule has 1 aliphatic carbocycles. The van der Waals surface area contributed by atoms with E-state index in [-0.39, 0.29) is 36.6 Å². The first-order valence-corrected chi connectivity index (χ1v) is 8.67. The summed E-state index contributed by atoms with van der Waals surface area (Å²) in [5.41, 5.74) is 0. The second-order valence-corrected chi connectivity index (χ2v) is 6.92. The highest BCUT2D eigenvalue weighted by molar-refractivity contribution is 9.10. The number of hydrogen-bond acceptors (Lipinski definition) is 4. The van der Waals surface area contributed by atoms with Gasteiger partial charge in [0.05, 0.1) is 18.3 Å². The molecule has 2 amide bonds. The zero-order valence-corrected chi connectivity index (χ0v) is 14.3.